The van der Waals surface area contributed by atoms with Gasteiger partial charge in [0.05, 0.1) is 25.5 Å². The molecule has 0 aromatic heterocycles. The van der Waals surface area contributed by atoms with E-state index < -0.39 is 35.4 Å². The molecule has 0 aliphatic rings. The first-order chi connectivity index (χ1) is 9.80. The number of anilines is 1. The molecular formula is C13H22N2O5S. The molecule has 5 N–H and O–H groups in total. The molecule has 0 saturated carbocycles. The number of aliphatic hydroxyl groups is 3. The molecule has 0 aliphatic heterocycles. The van der Waals surface area contributed by atoms with Gasteiger partial charge in [0.25, 0.3) is 0 Å². The van der Waals surface area contributed by atoms with Crippen molar-refractivity contribution in [2.45, 2.75) is 30.3 Å². The highest BCUT2D eigenvalue weighted by Gasteiger charge is 2.30. The Kier molecular flexibility index (Phi) is 6.11. The topological polar surface area (TPSA) is 119 Å². The third-order valence-electron chi connectivity index (χ3n) is 2.88. The molecule has 7 nitrogen and oxygen atoms in total. The Bertz CT molecular complexity index is 547. The number of nitrogens with one attached hydrogen (secondary N) is 2. The van der Waals surface area contributed by atoms with Crippen LogP contribution in [0.3, 0.4) is 0 Å². The minimum absolute atomic E-state index is 0.0153. The zero-order valence-corrected chi connectivity index (χ0v) is 12.9. The van der Waals surface area contributed by atoms with Gasteiger partial charge >= 0.3 is 0 Å². The van der Waals surface area contributed by atoms with Crippen LogP contribution < -0.4 is 10.0 Å². The summed E-state index contributed by atoms with van der Waals surface area (Å²) in [5.41, 5.74) is -1.20. The lowest BCUT2D eigenvalue weighted by molar-refractivity contribution is 0.0832. The van der Waals surface area contributed by atoms with Crippen molar-refractivity contribution in [3.05, 3.63) is 24.3 Å². The molecule has 8 heteroatoms. The molecule has 0 spiro atoms. The van der Waals surface area contributed by atoms with Crippen molar-refractivity contribution in [2.24, 2.45) is 0 Å². The maximum atomic E-state index is 12.3. The van der Waals surface area contributed by atoms with Crippen LogP contribution in [0.2, 0.25) is 0 Å². The molecule has 0 saturated heterocycles. The van der Waals surface area contributed by atoms with Crippen molar-refractivity contribution in [3.63, 3.8) is 0 Å². The van der Waals surface area contributed by atoms with Crippen LogP contribution in [0.1, 0.15) is 13.8 Å². The van der Waals surface area contributed by atoms with E-state index in [1.54, 1.807) is 26.0 Å². The lowest BCUT2D eigenvalue weighted by Gasteiger charge is -2.30. The van der Waals surface area contributed by atoms with E-state index in [2.05, 4.69) is 10.0 Å². The van der Waals surface area contributed by atoms with Crippen LogP contribution in [0.25, 0.3) is 0 Å². The Morgan fingerprint density at radius 3 is 2.10 bits per heavy atom. The van der Waals surface area contributed by atoms with E-state index >= 15 is 0 Å². The van der Waals surface area contributed by atoms with Gasteiger partial charge in [0.15, 0.2) is 0 Å². The average Bonchev–Trinajstić information content (AvgIpc) is 2.44. The van der Waals surface area contributed by atoms with Crippen molar-refractivity contribution < 1.29 is 23.7 Å². The lowest BCUT2D eigenvalue weighted by atomic mass is 10.0. The molecule has 0 fully saturated rings. The molecule has 0 unspecified atom stereocenters. The third kappa shape index (κ3) is 4.39. The van der Waals surface area contributed by atoms with Gasteiger partial charge in [-0.15, -0.1) is 0 Å². The Morgan fingerprint density at radius 1 is 1.10 bits per heavy atom. The van der Waals surface area contributed by atoms with E-state index in [4.69, 9.17) is 0 Å². The van der Waals surface area contributed by atoms with Crippen LogP contribution in [0, 0.1) is 0 Å². The van der Waals surface area contributed by atoms with Gasteiger partial charge in [0.2, 0.25) is 10.0 Å². The quantitative estimate of drug-likeness (QED) is 0.441. The first kappa shape index (κ1) is 17.9. The van der Waals surface area contributed by atoms with Crippen molar-refractivity contribution in [2.75, 3.05) is 25.1 Å². The average molecular weight is 318 g/mol. The van der Waals surface area contributed by atoms with Gasteiger partial charge < -0.3 is 20.6 Å². The molecule has 0 radical (unpaired) electrons. The van der Waals surface area contributed by atoms with Crippen LogP contribution in [-0.4, -0.2) is 55.1 Å². The van der Waals surface area contributed by atoms with Crippen molar-refractivity contribution in [1.82, 2.24) is 4.72 Å². The van der Waals surface area contributed by atoms with Crippen LogP contribution in [0.4, 0.5) is 5.69 Å². The lowest BCUT2D eigenvalue weighted by Crippen LogP contribution is -2.49. The number of sulfonamides is 1. The SMILES string of the molecule is CC(C)NS(=O)(=O)c1ccccc1NC(CO)(CO)CO. The predicted octanol–water partition coefficient (Wildman–Crippen LogP) is -0.499. The number of para-hydroxylation sites is 1. The summed E-state index contributed by atoms with van der Waals surface area (Å²) >= 11 is 0. The molecule has 0 atom stereocenters. The fraction of sp³-hybridized carbons (Fsp3) is 0.538. The minimum Gasteiger partial charge on any atom is -0.394 e. The molecule has 0 aliphatic carbocycles. The third-order valence-corrected chi connectivity index (χ3v) is 4.59. The number of benzene rings is 1. The molecule has 21 heavy (non-hydrogen) atoms. The highest BCUT2D eigenvalue weighted by atomic mass is 32.2. The van der Waals surface area contributed by atoms with E-state index in [-0.39, 0.29) is 16.6 Å². The van der Waals surface area contributed by atoms with E-state index in [0.717, 1.165) is 0 Å². The molecular weight excluding hydrogens is 296 g/mol. The van der Waals surface area contributed by atoms with E-state index in [9.17, 15) is 23.7 Å². The standard InChI is InChI=1S/C13H22N2O5S/c1-10(2)15-21(19,20)12-6-4-3-5-11(12)14-13(7-16,8-17)9-18/h3-6,10,14-18H,7-9H2,1-2H3. The Hall–Kier alpha value is -1.19. The first-order valence-electron chi connectivity index (χ1n) is 6.52. The number of aliphatic hydroxyl groups excluding tert-OH is 3. The molecule has 0 heterocycles. The summed E-state index contributed by atoms with van der Waals surface area (Å²) in [6.45, 7) is 1.75. The molecule has 120 valence electrons. The van der Waals surface area contributed by atoms with Crippen LogP contribution >= 0.6 is 0 Å². The maximum absolute atomic E-state index is 12.3. The number of hydrogen-bond acceptors (Lipinski definition) is 6. The second kappa shape index (κ2) is 7.19. The van der Waals surface area contributed by atoms with Gasteiger partial charge in [-0.25, -0.2) is 13.1 Å². The van der Waals surface area contributed by atoms with E-state index in [1.165, 1.54) is 12.1 Å². The summed E-state index contributed by atoms with van der Waals surface area (Å²) < 4.78 is 27.0. The summed E-state index contributed by atoms with van der Waals surface area (Å²) in [5, 5.41) is 30.7. The van der Waals surface area contributed by atoms with Gasteiger partial charge in [-0.3, -0.25) is 0 Å². The minimum atomic E-state index is -3.74. The summed E-state index contributed by atoms with van der Waals surface area (Å²) in [6.07, 6.45) is 0. The zero-order chi connectivity index (χ0) is 16.1. The van der Waals surface area contributed by atoms with Gasteiger partial charge in [0, 0.05) is 6.04 Å². The van der Waals surface area contributed by atoms with Gasteiger partial charge in [-0.05, 0) is 26.0 Å². The van der Waals surface area contributed by atoms with Gasteiger partial charge in [0.1, 0.15) is 10.4 Å². The number of rotatable bonds is 8. The van der Waals surface area contributed by atoms with Crippen molar-refractivity contribution in [1.29, 1.82) is 0 Å². The fourth-order valence-corrected chi connectivity index (χ4v) is 3.15. The second-order valence-electron chi connectivity index (χ2n) is 5.15. The zero-order valence-electron chi connectivity index (χ0n) is 12.1. The smallest absolute Gasteiger partial charge is 0.242 e. The van der Waals surface area contributed by atoms with Gasteiger partial charge in [-0.1, -0.05) is 12.1 Å². The van der Waals surface area contributed by atoms with E-state index in [0.29, 0.717) is 0 Å². The predicted molar refractivity (Wildman–Crippen MR) is 79.5 cm³/mol. The fourth-order valence-electron chi connectivity index (χ4n) is 1.73. The Balaban J connectivity index is 3.22. The highest BCUT2D eigenvalue weighted by molar-refractivity contribution is 7.89. The number of hydrogen-bond donors (Lipinski definition) is 5. The Labute approximate surface area is 124 Å². The largest absolute Gasteiger partial charge is 0.394 e. The second-order valence-corrected chi connectivity index (χ2v) is 6.83. The monoisotopic (exact) mass is 318 g/mol. The molecule has 0 amide bonds. The van der Waals surface area contributed by atoms with Gasteiger partial charge in [-0.2, -0.15) is 0 Å². The van der Waals surface area contributed by atoms with Crippen LogP contribution in [-0.2, 0) is 10.0 Å². The molecule has 1 rings (SSSR count). The summed E-state index contributed by atoms with van der Waals surface area (Å²) in [7, 11) is -3.74. The van der Waals surface area contributed by atoms with Crippen molar-refractivity contribution >= 4 is 15.7 Å². The van der Waals surface area contributed by atoms with E-state index in [1.807, 2.05) is 0 Å². The first-order valence-corrected chi connectivity index (χ1v) is 8.00. The van der Waals surface area contributed by atoms with Crippen LogP contribution in [0.5, 0.6) is 0 Å². The normalized spacial score (nSPS) is 12.7. The Morgan fingerprint density at radius 2 is 1.62 bits per heavy atom. The summed E-state index contributed by atoms with van der Waals surface area (Å²) in [4.78, 5) is -0.0153. The summed E-state index contributed by atoms with van der Waals surface area (Å²) in [5.74, 6) is 0. The van der Waals surface area contributed by atoms with Crippen LogP contribution in [0.15, 0.2) is 29.2 Å². The summed E-state index contributed by atoms with van der Waals surface area (Å²) in [6, 6.07) is 5.82. The molecule has 0 bridgehead atoms. The maximum Gasteiger partial charge on any atom is 0.242 e. The van der Waals surface area contributed by atoms with Crippen molar-refractivity contribution in [3.8, 4) is 0 Å². The molecule has 1 aromatic rings. The molecule has 1 aromatic carbocycles. The highest BCUT2D eigenvalue weighted by Crippen LogP contribution is 2.24.